The van der Waals surface area contributed by atoms with Crippen molar-refractivity contribution in [2.75, 3.05) is 43.4 Å². The Morgan fingerprint density at radius 3 is 2.35 bits per heavy atom. The van der Waals surface area contributed by atoms with E-state index in [0.717, 1.165) is 51.6 Å². The Morgan fingerprint density at radius 2 is 1.68 bits per heavy atom. The second kappa shape index (κ2) is 10.3. The highest BCUT2D eigenvalue weighted by Gasteiger charge is 2.45. The molecule has 0 atom stereocenters. The summed E-state index contributed by atoms with van der Waals surface area (Å²) in [6.45, 7) is 3.90. The first-order valence-corrected chi connectivity index (χ1v) is 13.9. The molecule has 212 valence electrons. The number of benzene rings is 1. The highest BCUT2D eigenvalue weighted by Crippen LogP contribution is 2.43. The van der Waals surface area contributed by atoms with Crippen LogP contribution in [0, 0.1) is 5.82 Å². The molecule has 2 aromatic heterocycles. The van der Waals surface area contributed by atoms with Gasteiger partial charge < -0.3 is 15.4 Å². The second-order valence-corrected chi connectivity index (χ2v) is 11.1. The number of nitrogens with two attached hydrogens (primary N) is 1. The van der Waals surface area contributed by atoms with Crippen LogP contribution in [-0.4, -0.2) is 58.2 Å². The van der Waals surface area contributed by atoms with Crippen LogP contribution >= 0.6 is 11.6 Å². The van der Waals surface area contributed by atoms with Gasteiger partial charge >= 0.3 is 12.2 Å². The topological polar surface area (TPSA) is 80.4 Å². The maximum Gasteiger partial charge on any atom is 0.421 e. The summed E-state index contributed by atoms with van der Waals surface area (Å²) in [6, 6.07) is 3.60. The number of aromatic nitrogens is 3. The Kier molecular flexibility index (Phi) is 6.98. The van der Waals surface area contributed by atoms with Crippen LogP contribution in [0.25, 0.3) is 22.2 Å². The maximum absolute atomic E-state index is 14.6. The minimum Gasteiger partial charge on any atom is -0.461 e. The fourth-order valence-corrected chi connectivity index (χ4v) is 6.53. The van der Waals surface area contributed by atoms with Crippen molar-refractivity contribution in [3.63, 3.8) is 0 Å². The first-order valence-electron chi connectivity index (χ1n) is 13.5. The van der Waals surface area contributed by atoms with E-state index >= 15 is 0 Å². The van der Waals surface area contributed by atoms with Crippen LogP contribution in [0.5, 0.6) is 6.01 Å². The molecule has 3 aliphatic rings. The van der Waals surface area contributed by atoms with Gasteiger partial charge in [0.1, 0.15) is 29.6 Å². The zero-order valence-electron chi connectivity index (χ0n) is 21.8. The Morgan fingerprint density at radius 1 is 0.975 bits per heavy atom. The standard InChI is InChI=1S/C28H29ClF4N6O/c29-19-13-18-21(14-17(19)24-23(28(31,32)33)20(30)15-22(34)36-24)35-26(37-25(18)38-9-3-1-2-4-10-38)40-16-27-7-5-11-39(27)12-6-8-27/h1-2,13-15H,3-12,16H2,(H2,34,36). The SMILES string of the molecule is Nc1cc(F)c(C(F)(F)F)c(-c2cc3nc(OCC45CCCN4CCC5)nc(N4CCC=CCC4)c3cc2Cl)n1. The molecule has 7 nitrogen and oxygen atoms in total. The number of alkyl halides is 3. The minimum atomic E-state index is -5.02. The number of anilines is 2. The van der Waals surface area contributed by atoms with E-state index in [4.69, 9.17) is 27.1 Å². The molecule has 40 heavy (non-hydrogen) atoms. The van der Waals surface area contributed by atoms with E-state index in [0.29, 0.717) is 42.5 Å². The molecule has 0 bridgehead atoms. The molecule has 0 amide bonds. The molecule has 5 heterocycles. The Hall–Kier alpha value is -3.18. The van der Waals surface area contributed by atoms with Crippen molar-refractivity contribution in [3.8, 4) is 17.3 Å². The molecule has 1 aromatic carbocycles. The number of fused-ring (bicyclic) bond motifs is 2. The third kappa shape index (κ3) is 4.94. The van der Waals surface area contributed by atoms with Crippen LogP contribution in [0.3, 0.4) is 0 Å². The van der Waals surface area contributed by atoms with E-state index in [1.807, 2.05) is 0 Å². The van der Waals surface area contributed by atoms with Gasteiger partial charge in [-0.15, -0.1) is 0 Å². The molecular formula is C28H29ClF4N6O. The first-order chi connectivity index (χ1) is 19.1. The van der Waals surface area contributed by atoms with E-state index in [2.05, 4.69) is 31.9 Å². The number of hydrogen-bond donors (Lipinski definition) is 1. The van der Waals surface area contributed by atoms with Crippen LogP contribution in [0.2, 0.25) is 5.02 Å². The number of halogens is 5. The van der Waals surface area contributed by atoms with E-state index in [9.17, 15) is 17.6 Å². The molecule has 0 radical (unpaired) electrons. The van der Waals surface area contributed by atoms with Gasteiger partial charge in [-0.25, -0.2) is 9.37 Å². The van der Waals surface area contributed by atoms with Gasteiger partial charge in [-0.2, -0.15) is 23.1 Å². The summed E-state index contributed by atoms with van der Waals surface area (Å²) in [4.78, 5) is 17.8. The molecule has 2 saturated heterocycles. The molecule has 0 aliphatic carbocycles. The van der Waals surface area contributed by atoms with Gasteiger partial charge in [-0.3, -0.25) is 4.90 Å². The fourth-order valence-electron chi connectivity index (χ4n) is 6.28. The normalized spacial score (nSPS) is 19.3. The van der Waals surface area contributed by atoms with Crippen molar-refractivity contribution in [2.24, 2.45) is 0 Å². The van der Waals surface area contributed by atoms with Gasteiger partial charge in [-0.05, 0) is 63.7 Å². The number of nitrogens with zero attached hydrogens (tertiary/aromatic N) is 5. The maximum atomic E-state index is 14.6. The number of ether oxygens (including phenoxy) is 1. The third-order valence-electron chi connectivity index (χ3n) is 8.15. The fraction of sp³-hybridized carbons (Fsp3) is 0.464. The summed E-state index contributed by atoms with van der Waals surface area (Å²) >= 11 is 6.56. The second-order valence-electron chi connectivity index (χ2n) is 10.7. The molecule has 0 unspecified atom stereocenters. The van der Waals surface area contributed by atoms with Crippen LogP contribution < -0.4 is 15.4 Å². The van der Waals surface area contributed by atoms with E-state index in [1.54, 1.807) is 0 Å². The van der Waals surface area contributed by atoms with E-state index in [1.165, 1.54) is 12.1 Å². The zero-order valence-corrected chi connectivity index (χ0v) is 22.5. The zero-order chi connectivity index (χ0) is 28.1. The molecule has 3 aliphatic heterocycles. The highest BCUT2D eigenvalue weighted by molar-refractivity contribution is 6.34. The predicted octanol–water partition coefficient (Wildman–Crippen LogP) is 6.25. The lowest BCUT2D eigenvalue weighted by Gasteiger charge is -2.31. The van der Waals surface area contributed by atoms with Crippen molar-refractivity contribution in [1.29, 1.82) is 0 Å². The summed E-state index contributed by atoms with van der Waals surface area (Å²) < 4.78 is 62.5. The van der Waals surface area contributed by atoms with E-state index < -0.39 is 29.1 Å². The molecule has 12 heteroatoms. The highest BCUT2D eigenvalue weighted by atomic mass is 35.5. The summed E-state index contributed by atoms with van der Waals surface area (Å²) in [7, 11) is 0. The molecule has 2 N–H and O–H groups in total. The Balaban J connectivity index is 1.47. The van der Waals surface area contributed by atoms with Crippen molar-refractivity contribution in [1.82, 2.24) is 19.9 Å². The smallest absolute Gasteiger partial charge is 0.421 e. The van der Waals surface area contributed by atoms with Crippen LogP contribution in [0.4, 0.5) is 29.2 Å². The Bertz CT molecular complexity index is 1460. The predicted molar refractivity (Wildman–Crippen MR) is 146 cm³/mol. The summed E-state index contributed by atoms with van der Waals surface area (Å²) in [5.74, 6) is -1.32. The van der Waals surface area contributed by atoms with Crippen LogP contribution in [0.1, 0.15) is 44.1 Å². The number of rotatable bonds is 5. The molecule has 6 rings (SSSR count). The molecule has 3 aromatic rings. The monoisotopic (exact) mass is 576 g/mol. The van der Waals surface area contributed by atoms with Gasteiger partial charge in [0.05, 0.1) is 21.8 Å². The molecule has 2 fully saturated rings. The number of pyridine rings is 1. The van der Waals surface area contributed by atoms with Crippen molar-refractivity contribution < 1.29 is 22.3 Å². The quantitative estimate of drug-likeness (QED) is 0.284. The summed E-state index contributed by atoms with van der Waals surface area (Å²) in [5, 5.41) is 0.510. The van der Waals surface area contributed by atoms with Crippen LogP contribution in [0.15, 0.2) is 30.4 Å². The number of hydrogen-bond acceptors (Lipinski definition) is 7. The lowest BCUT2D eigenvalue weighted by Crippen LogP contribution is -2.43. The lowest BCUT2D eigenvalue weighted by molar-refractivity contribution is -0.139. The van der Waals surface area contributed by atoms with Crippen LogP contribution in [-0.2, 0) is 6.18 Å². The van der Waals surface area contributed by atoms with Crippen molar-refractivity contribution >= 4 is 34.1 Å². The Labute approximate surface area is 234 Å². The van der Waals surface area contributed by atoms with Crippen molar-refractivity contribution in [2.45, 2.75) is 50.2 Å². The summed E-state index contributed by atoms with van der Waals surface area (Å²) in [5.41, 5.74) is 3.58. The summed E-state index contributed by atoms with van der Waals surface area (Å²) in [6.07, 6.45) is 5.13. The number of nitrogen functional groups attached to an aromatic ring is 1. The molecule has 0 spiro atoms. The van der Waals surface area contributed by atoms with Gasteiger partial charge in [0.2, 0.25) is 0 Å². The van der Waals surface area contributed by atoms with Gasteiger partial charge in [0, 0.05) is 30.1 Å². The largest absolute Gasteiger partial charge is 0.461 e. The van der Waals surface area contributed by atoms with Crippen molar-refractivity contribution in [3.05, 3.63) is 46.8 Å². The molecular weight excluding hydrogens is 548 g/mol. The first kappa shape index (κ1) is 27.0. The lowest BCUT2D eigenvalue weighted by atomic mass is 9.95. The van der Waals surface area contributed by atoms with Gasteiger partial charge in [0.15, 0.2) is 0 Å². The van der Waals surface area contributed by atoms with E-state index in [-0.39, 0.29) is 22.1 Å². The average Bonchev–Trinajstić information content (AvgIpc) is 3.35. The van der Waals surface area contributed by atoms with Gasteiger partial charge in [0.25, 0.3) is 0 Å². The minimum absolute atomic E-state index is 0.0409. The van der Waals surface area contributed by atoms with Gasteiger partial charge in [-0.1, -0.05) is 23.8 Å². The third-order valence-corrected chi connectivity index (χ3v) is 8.47. The average molecular weight is 577 g/mol. The molecule has 0 saturated carbocycles.